The van der Waals surface area contributed by atoms with Gasteiger partial charge in [-0.05, 0) is 44.7 Å². The summed E-state index contributed by atoms with van der Waals surface area (Å²) in [7, 11) is 0. The van der Waals surface area contributed by atoms with Crippen LogP contribution in [0.4, 0.5) is 0 Å². The minimum Gasteiger partial charge on any atom is -0.382 e. The number of nitrogens with zero attached hydrogens (tertiary/aromatic N) is 1. The van der Waals surface area contributed by atoms with E-state index in [9.17, 15) is 4.79 Å². The molecule has 0 unspecified atom stereocenters. The Morgan fingerprint density at radius 2 is 1.52 bits per heavy atom. The number of aryl methyl sites for hydroxylation is 1. The number of carbonyl (C=O) groups excluding carboxylic acids is 1. The summed E-state index contributed by atoms with van der Waals surface area (Å²) in [5.41, 5.74) is 1.93. The summed E-state index contributed by atoms with van der Waals surface area (Å²) in [5.74, 6) is 0.121. The van der Waals surface area contributed by atoms with Gasteiger partial charge in [-0.2, -0.15) is 0 Å². The molecule has 1 rings (SSSR count). The third-order valence-corrected chi connectivity index (χ3v) is 3.76. The first-order valence-electron chi connectivity index (χ1n) is 8.77. The average Bonchev–Trinajstić information content (AvgIpc) is 2.59. The van der Waals surface area contributed by atoms with E-state index in [1.165, 1.54) is 0 Å². The van der Waals surface area contributed by atoms with Crippen LogP contribution in [0.5, 0.6) is 0 Å². The number of amides is 1. The first-order chi connectivity index (χ1) is 11.2. The highest BCUT2D eigenvalue weighted by molar-refractivity contribution is 5.95. The molecule has 23 heavy (non-hydrogen) atoms. The lowest BCUT2D eigenvalue weighted by Gasteiger charge is -2.24. The molecular weight excluding hydrogens is 290 g/mol. The minimum absolute atomic E-state index is 0.121. The summed E-state index contributed by atoms with van der Waals surface area (Å²) in [6.07, 6.45) is 2.60. The first kappa shape index (κ1) is 19.7. The van der Waals surface area contributed by atoms with Gasteiger partial charge in [0.15, 0.2) is 0 Å². The summed E-state index contributed by atoms with van der Waals surface area (Å²) in [5, 5.41) is 0. The maximum Gasteiger partial charge on any atom is 0.254 e. The van der Waals surface area contributed by atoms with Crippen molar-refractivity contribution in [3.8, 4) is 0 Å². The van der Waals surface area contributed by atoms with Crippen molar-refractivity contribution >= 4 is 5.91 Å². The van der Waals surface area contributed by atoms with E-state index >= 15 is 0 Å². The zero-order valence-electron chi connectivity index (χ0n) is 14.8. The van der Waals surface area contributed by atoms with Gasteiger partial charge in [0.2, 0.25) is 0 Å². The zero-order valence-corrected chi connectivity index (χ0v) is 14.8. The summed E-state index contributed by atoms with van der Waals surface area (Å²) in [6.45, 7) is 10.3. The van der Waals surface area contributed by atoms with Crippen LogP contribution in [0.15, 0.2) is 24.3 Å². The molecule has 130 valence electrons. The molecule has 0 radical (unpaired) electrons. The molecule has 1 aromatic carbocycles. The second kappa shape index (κ2) is 12.1. The molecule has 4 nitrogen and oxygen atoms in total. The number of hydrogen-bond donors (Lipinski definition) is 0. The van der Waals surface area contributed by atoms with Gasteiger partial charge >= 0.3 is 0 Å². The van der Waals surface area contributed by atoms with Crippen LogP contribution in [0.2, 0.25) is 0 Å². The van der Waals surface area contributed by atoms with Crippen molar-refractivity contribution in [3.05, 3.63) is 35.4 Å². The molecule has 1 aromatic rings. The van der Waals surface area contributed by atoms with E-state index < -0.39 is 0 Å². The second-order valence-corrected chi connectivity index (χ2v) is 5.40. The van der Waals surface area contributed by atoms with Gasteiger partial charge in [0.25, 0.3) is 5.91 Å². The van der Waals surface area contributed by atoms with E-state index in [0.29, 0.717) is 13.2 Å². The predicted molar refractivity (Wildman–Crippen MR) is 93.9 cm³/mol. The Kier molecular flexibility index (Phi) is 10.3. The van der Waals surface area contributed by atoms with Gasteiger partial charge in [0, 0.05) is 45.1 Å². The van der Waals surface area contributed by atoms with Crippen LogP contribution in [0, 0.1) is 0 Å². The predicted octanol–water partition coefficient (Wildman–Crippen LogP) is 3.54. The lowest BCUT2D eigenvalue weighted by atomic mass is 10.0. The van der Waals surface area contributed by atoms with Gasteiger partial charge in [-0.3, -0.25) is 4.79 Å². The quantitative estimate of drug-likeness (QED) is 0.553. The topological polar surface area (TPSA) is 38.8 Å². The van der Waals surface area contributed by atoms with E-state index in [0.717, 1.165) is 56.7 Å². The van der Waals surface area contributed by atoms with Gasteiger partial charge in [-0.25, -0.2) is 0 Å². The average molecular weight is 321 g/mol. The molecule has 0 N–H and O–H groups in total. The van der Waals surface area contributed by atoms with Gasteiger partial charge in [-0.15, -0.1) is 0 Å². The van der Waals surface area contributed by atoms with Gasteiger partial charge < -0.3 is 14.4 Å². The smallest absolute Gasteiger partial charge is 0.254 e. The number of carbonyl (C=O) groups is 1. The number of ether oxygens (including phenoxy) is 2. The lowest BCUT2D eigenvalue weighted by molar-refractivity contribution is 0.0693. The van der Waals surface area contributed by atoms with Crippen LogP contribution in [0.1, 0.15) is 49.5 Å². The summed E-state index contributed by atoms with van der Waals surface area (Å²) >= 11 is 0. The number of hydrogen-bond acceptors (Lipinski definition) is 3. The fraction of sp³-hybridized carbons (Fsp3) is 0.632. The molecule has 0 aliphatic carbocycles. The van der Waals surface area contributed by atoms with Crippen molar-refractivity contribution in [3.63, 3.8) is 0 Å². The molecule has 4 heteroatoms. The van der Waals surface area contributed by atoms with Gasteiger partial charge in [0.1, 0.15) is 0 Å². The third kappa shape index (κ3) is 7.14. The van der Waals surface area contributed by atoms with Crippen molar-refractivity contribution in [1.29, 1.82) is 0 Å². The van der Waals surface area contributed by atoms with Crippen molar-refractivity contribution in [1.82, 2.24) is 4.90 Å². The molecule has 1 amide bonds. The highest BCUT2D eigenvalue weighted by Crippen LogP contribution is 2.13. The standard InChI is InChI=1S/C19H31NO3/c1-4-17-11-7-8-12-18(17)19(21)20(13-9-15-22-5-2)14-10-16-23-6-3/h7-8,11-12H,4-6,9-10,13-16H2,1-3H3. The molecule has 0 saturated carbocycles. The Hall–Kier alpha value is -1.39. The Balaban J connectivity index is 2.69. The van der Waals surface area contributed by atoms with Gasteiger partial charge in [-0.1, -0.05) is 25.1 Å². The normalized spacial score (nSPS) is 10.7. The molecule has 0 heterocycles. The van der Waals surface area contributed by atoms with E-state index in [1.807, 2.05) is 43.0 Å². The van der Waals surface area contributed by atoms with Crippen LogP contribution in [0.25, 0.3) is 0 Å². The van der Waals surface area contributed by atoms with E-state index in [-0.39, 0.29) is 5.91 Å². The Bertz CT molecular complexity index is 436. The zero-order chi connectivity index (χ0) is 16.9. The van der Waals surface area contributed by atoms with E-state index in [2.05, 4.69) is 6.92 Å². The molecule has 0 bridgehead atoms. The highest BCUT2D eigenvalue weighted by Gasteiger charge is 2.17. The minimum atomic E-state index is 0.121. The second-order valence-electron chi connectivity index (χ2n) is 5.40. The fourth-order valence-corrected chi connectivity index (χ4v) is 2.53. The van der Waals surface area contributed by atoms with Crippen molar-refractivity contribution in [2.24, 2.45) is 0 Å². The fourth-order valence-electron chi connectivity index (χ4n) is 2.53. The maximum absolute atomic E-state index is 12.9. The van der Waals surface area contributed by atoms with Crippen molar-refractivity contribution < 1.29 is 14.3 Å². The molecule has 0 spiro atoms. The first-order valence-corrected chi connectivity index (χ1v) is 8.77. The summed E-state index contributed by atoms with van der Waals surface area (Å²) in [4.78, 5) is 14.8. The third-order valence-electron chi connectivity index (χ3n) is 3.76. The Labute approximate surface area is 140 Å². The largest absolute Gasteiger partial charge is 0.382 e. The molecule has 0 atom stereocenters. The summed E-state index contributed by atoms with van der Waals surface area (Å²) < 4.78 is 10.8. The van der Waals surface area contributed by atoms with Crippen LogP contribution < -0.4 is 0 Å². The van der Waals surface area contributed by atoms with Crippen LogP contribution >= 0.6 is 0 Å². The Morgan fingerprint density at radius 1 is 0.957 bits per heavy atom. The van der Waals surface area contributed by atoms with Crippen LogP contribution in [0.3, 0.4) is 0 Å². The lowest BCUT2D eigenvalue weighted by Crippen LogP contribution is -2.34. The van der Waals surface area contributed by atoms with E-state index in [4.69, 9.17) is 9.47 Å². The SMILES string of the molecule is CCOCCCN(CCCOCC)C(=O)c1ccccc1CC. The molecule has 0 aromatic heterocycles. The molecular formula is C19H31NO3. The molecule has 0 aliphatic heterocycles. The number of rotatable bonds is 12. The number of benzene rings is 1. The van der Waals surface area contributed by atoms with E-state index in [1.54, 1.807) is 0 Å². The molecule has 0 saturated heterocycles. The summed E-state index contributed by atoms with van der Waals surface area (Å²) in [6, 6.07) is 7.89. The van der Waals surface area contributed by atoms with Crippen LogP contribution in [-0.4, -0.2) is 50.3 Å². The van der Waals surface area contributed by atoms with Crippen LogP contribution in [-0.2, 0) is 15.9 Å². The Morgan fingerprint density at radius 3 is 2.04 bits per heavy atom. The highest BCUT2D eigenvalue weighted by atomic mass is 16.5. The van der Waals surface area contributed by atoms with Crippen molar-refractivity contribution in [2.75, 3.05) is 39.5 Å². The molecule has 0 fully saturated rings. The van der Waals surface area contributed by atoms with Gasteiger partial charge in [0.05, 0.1) is 0 Å². The monoisotopic (exact) mass is 321 g/mol. The molecule has 0 aliphatic rings. The maximum atomic E-state index is 12.9. The van der Waals surface area contributed by atoms with Crippen molar-refractivity contribution in [2.45, 2.75) is 40.0 Å².